The Balaban J connectivity index is 1.51. The van der Waals surface area contributed by atoms with Crippen LogP contribution in [0.1, 0.15) is 15.9 Å². The number of aromatic nitrogens is 3. The first-order valence-corrected chi connectivity index (χ1v) is 11.5. The predicted molar refractivity (Wildman–Crippen MR) is 145 cm³/mol. The summed E-state index contributed by atoms with van der Waals surface area (Å²) >= 11 is 0. The van der Waals surface area contributed by atoms with Gasteiger partial charge in [0.15, 0.2) is 0 Å². The highest BCUT2D eigenvalue weighted by atomic mass is 16.2. The van der Waals surface area contributed by atoms with Crippen molar-refractivity contribution in [2.75, 3.05) is 10.6 Å². The van der Waals surface area contributed by atoms with Gasteiger partial charge in [0.2, 0.25) is 5.91 Å². The van der Waals surface area contributed by atoms with Crippen LogP contribution in [0.4, 0.5) is 11.4 Å². The van der Waals surface area contributed by atoms with E-state index < -0.39 is 0 Å². The van der Waals surface area contributed by atoms with Crippen molar-refractivity contribution < 1.29 is 9.59 Å². The minimum atomic E-state index is -0.342. The van der Waals surface area contributed by atoms with Gasteiger partial charge < -0.3 is 10.6 Å². The lowest BCUT2D eigenvalue weighted by Crippen LogP contribution is -2.22. The fraction of sp³-hybridized carbons (Fsp3) is 0.0345. The van der Waals surface area contributed by atoms with Crippen LogP contribution in [0.3, 0.4) is 0 Å². The molecule has 0 bridgehead atoms. The zero-order valence-electron chi connectivity index (χ0n) is 20.0. The average Bonchev–Trinajstić information content (AvgIpc) is 3.21. The minimum Gasteiger partial charge on any atom is -0.322 e. The number of anilines is 2. The zero-order valence-corrected chi connectivity index (χ0v) is 20.0. The van der Waals surface area contributed by atoms with Crippen molar-refractivity contribution in [3.8, 4) is 11.4 Å². The van der Waals surface area contributed by atoms with E-state index in [1.807, 2.05) is 25.1 Å². The summed E-state index contributed by atoms with van der Waals surface area (Å²) in [4.78, 5) is 42.3. The minimum absolute atomic E-state index is 0.210. The van der Waals surface area contributed by atoms with E-state index in [0.29, 0.717) is 39.3 Å². The summed E-state index contributed by atoms with van der Waals surface area (Å²) in [5.41, 5.74) is 4.89. The Hall–Kier alpha value is -5.24. The van der Waals surface area contributed by atoms with Gasteiger partial charge in [-0.2, -0.15) is 0 Å². The Labute approximate surface area is 212 Å². The molecule has 182 valence electrons. The third-order valence-corrected chi connectivity index (χ3v) is 5.86. The molecule has 0 aliphatic carbocycles. The number of rotatable bonds is 6. The normalized spacial score (nSPS) is 10.7. The van der Waals surface area contributed by atoms with Crippen molar-refractivity contribution in [2.24, 2.45) is 0 Å². The molecule has 0 saturated heterocycles. The maximum absolute atomic E-state index is 13.7. The van der Waals surface area contributed by atoms with Crippen LogP contribution in [0.15, 0.2) is 109 Å². The van der Waals surface area contributed by atoms with Gasteiger partial charge in [0.05, 0.1) is 28.6 Å². The number of imidazole rings is 1. The Morgan fingerprint density at radius 1 is 0.838 bits per heavy atom. The van der Waals surface area contributed by atoms with Gasteiger partial charge in [-0.1, -0.05) is 30.3 Å². The van der Waals surface area contributed by atoms with Crippen LogP contribution in [0.2, 0.25) is 0 Å². The second-order valence-electron chi connectivity index (χ2n) is 8.43. The van der Waals surface area contributed by atoms with E-state index in [-0.39, 0.29) is 17.5 Å². The maximum Gasteiger partial charge on any atom is 0.338 e. The van der Waals surface area contributed by atoms with Gasteiger partial charge in [0.1, 0.15) is 0 Å². The van der Waals surface area contributed by atoms with E-state index >= 15 is 0 Å². The molecule has 0 atom stereocenters. The van der Waals surface area contributed by atoms with Crippen LogP contribution in [-0.2, 0) is 4.79 Å². The van der Waals surface area contributed by atoms with Gasteiger partial charge in [-0.3, -0.25) is 23.7 Å². The zero-order chi connectivity index (χ0) is 25.9. The molecule has 37 heavy (non-hydrogen) atoms. The van der Waals surface area contributed by atoms with Crippen molar-refractivity contribution >= 4 is 34.2 Å². The maximum atomic E-state index is 13.7. The number of carbonyl (C=O) groups is 2. The van der Waals surface area contributed by atoms with E-state index in [1.165, 1.54) is 6.08 Å². The van der Waals surface area contributed by atoms with Crippen molar-refractivity contribution in [2.45, 2.75) is 6.92 Å². The highest BCUT2D eigenvalue weighted by molar-refractivity contribution is 6.04. The summed E-state index contributed by atoms with van der Waals surface area (Å²) < 4.78 is 3.12. The molecule has 0 unspecified atom stereocenters. The van der Waals surface area contributed by atoms with E-state index in [1.54, 1.807) is 82.2 Å². The first-order valence-electron chi connectivity index (χ1n) is 11.5. The SMILES string of the molecule is C=CC(=O)Nc1cccc(-n2c(=O)n(-c3ccc(NC(=O)c4cccc(C)c4)cc3)c3cnccc32)c1. The highest BCUT2D eigenvalue weighted by Gasteiger charge is 2.17. The van der Waals surface area contributed by atoms with Crippen LogP contribution in [0, 0.1) is 6.92 Å². The second-order valence-corrected chi connectivity index (χ2v) is 8.43. The number of aryl methyl sites for hydroxylation is 1. The first-order chi connectivity index (χ1) is 17.9. The van der Waals surface area contributed by atoms with Crippen LogP contribution in [0.5, 0.6) is 0 Å². The number of hydrogen-bond acceptors (Lipinski definition) is 4. The Morgan fingerprint density at radius 3 is 2.35 bits per heavy atom. The van der Waals surface area contributed by atoms with Gasteiger partial charge in [-0.05, 0) is 73.7 Å². The molecule has 0 radical (unpaired) electrons. The lowest BCUT2D eigenvalue weighted by molar-refractivity contribution is -0.111. The molecular formula is C29H23N5O3. The molecule has 5 rings (SSSR count). The second kappa shape index (κ2) is 9.79. The lowest BCUT2D eigenvalue weighted by Gasteiger charge is -2.08. The molecule has 0 aliphatic heterocycles. The Morgan fingerprint density at radius 2 is 1.59 bits per heavy atom. The van der Waals surface area contributed by atoms with Crippen molar-refractivity contribution in [1.29, 1.82) is 0 Å². The number of benzene rings is 3. The average molecular weight is 490 g/mol. The quantitative estimate of drug-likeness (QED) is 0.333. The first kappa shape index (κ1) is 23.5. The highest BCUT2D eigenvalue weighted by Crippen LogP contribution is 2.23. The van der Waals surface area contributed by atoms with Crippen LogP contribution < -0.4 is 16.3 Å². The smallest absolute Gasteiger partial charge is 0.322 e. The van der Waals surface area contributed by atoms with Gasteiger partial charge in [-0.25, -0.2) is 4.79 Å². The van der Waals surface area contributed by atoms with Crippen LogP contribution in [0.25, 0.3) is 22.4 Å². The number of fused-ring (bicyclic) bond motifs is 1. The third kappa shape index (κ3) is 4.68. The molecule has 0 spiro atoms. The van der Waals surface area contributed by atoms with Crippen molar-refractivity contribution in [3.05, 3.63) is 126 Å². The van der Waals surface area contributed by atoms with E-state index in [4.69, 9.17) is 0 Å². The monoisotopic (exact) mass is 489 g/mol. The Kier molecular flexibility index (Phi) is 6.22. The number of hydrogen-bond donors (Lipinski definition) is 2. The molecular weight excluding hydrogens is 466 g/mol. The summed E-state index contributed by atoms with van der Waals surface area (Å²) in [6.07, 6.45) is 4.43. The molecule has 2 heterocycles. The molecule has 0 aliphatic rings. The van der Waals surface area contributed by atoms with Crippen LogP contribution >= 0.6 is 0 Å². The fourth-order valence-corrected chi connectivity index (χ4v) is 4.14. The summed E-state index contributed by atoms with van der Waals surface area (Å²) in [5.74, 6) is -0.552. The number of amides is 2. The van der Waals surface area contributed by atoms with E-state index in [0.717, 1.165) is 5.56 Å². The molecule has 2 aromatic heterocycles. The van der Waals surface area contributed by atoms with Crippen LogP contribution in [-0.4, -0.2) is 25.9 Å². The Bertz CT molecular complexity index is 1710. The number of pyridine rings is 1. The fourth-order valence-electron chi connectivity index (χ4n) is 4.14. The summed E-state index contributed by atoms with van der Waals surface area (Å²) in [6.45, 7) is 5.40. The molecule has 3 aromatic carbocycles. The number of carbonyl (C=O) groups excluding carboxylic acids is 2. The van der Waals surface area contributed by atoms with Gasteiger partial charge in [0.25, 0.3) is 5.91 Å². The lowest BCUT2D eigenvalue weighted by atomic mass is 10.1. The summed E-state index contributed by atoms with van der Waals surface area (Å²) in [7, 11) is 0. The molecule has 2 N–H and O–H groups in total. The standard InChI is InChI=1S/C29H23N5O3/c1-3-27(35)31-22-8-5-9-24(17-22)34-25-14-15-30-18-26(25)33(29(34)37)23-12-10-21(11-13-23)32-28(36)20-7-4-6-19(2)16-20/h3-18H,1H2,2H3,(H,31,35)(H,32,36). The molecule has 0 saturated carbocycles. The van der Waals surface area contributed by atoms with E-state index in [2.05, 4.69) is 22.2 Å². The topological polar surface area (TPSA) is 98.0 Å². The van der Waals surface area contributed by atoms with Gasteiger partial charge in [-0.15, -0.1) is 0 Å². The molecule has 5 aromatic rings. The molecule has 2 amide bonds. The predicted octanol–water partition coefficient (Wildman–Crippen LogP) is 4.86. The van der Waals surface area contributed by atoms with E-state index in [9.17, 15) is 14.4 Å². The molecule has 8 heteroatoms. The molecule has 8 nitrogen and oxygen atoms in total. The summed E-state index contributed by atoms with van der Waals surface area (Å²) in [5, 5.41) is 5.61. The number of nitrogens with zero attached hydrogens (tertiary/aromatic N) is 3. The molecule has 0 fully saturated rings. The van der Waals surface area contributed by atoms with Crippen molar-refractivity contribution in [3.63, 3.8) is 0 Å². The van der Waals surface area contributed by atoms with Crippen molar-refractivity contribution in [1.82, 2.24) is 14.1 Å². The number of nitrogens with one attached hydrogen (secondary N) is 2. The third-order valence-electron chi connectivity index (χ3n) is 5.86. The van der Waals surface area contributed by atoms with Gasteiger partial charge >= 0.3 is 5.69 Å². The largest absolute Gasteiger partial charge is 0.338 e. The van der Waals surface area contributed by atoms with Gasteiger partial charge in [0, 0.05) is 23.1 Å². The summed E-state index contributed by atoms with van der Waals surface area (Å²) in [6, 6.07) is 23.2.